The van der Waals surface area contributed by atoms with Crippen LogP contribution in [-0.4, -0.2) is 19.0 Å². The van der Waals surface area contributed by atoms with Gasteiger partial charge in [-0.2, -0.15) is 5.26 Å². The van der Waals surface area contributed by atoms with E-state index >= 15 is 0 Å². The molecule has 22 heavy (non-hydrogen) atoms. The first-order chi connectivity index (χ1) is 10.6. The summed E-state index contributed by atoms with van der Waals surface area (Å²) in [6.07, 6.45) is -0.315. The molecule has 0 radical (unpaired) electrons. The number of methoxy groups -OCH3 is 1. The molecule has 0 atom stereocenters. The molecular weight excluding hydrogens is 307 g/mol. The van der Waals surface area contributed by atoms with E-state index in [9.17, 15) is 14.0 Å². The van der Waals surface area contributed by atoms with Crippen molar-refractivity contribution in [1.82, 2.24) is 0 Å². The number of rotatable bonds is 4. The van der Waals surface area contributed by atoms with Crippen LogP contribution in [0.5, 0.6) is 0 Å². The number of benzene rings is 1. The molecule has 1 amide bonds. The highest BCUT2D eigenvalue weighted by Gasteiger charge is 2.22. The molecule has 0 aliphatic heterocycles. The van der Waals surface area contributed by atoms with Crippen LogP contribution in [0.1, 0.15) is 16.8 Å². The molecular formula is C15H11FN2O3S. The van der Waals surface area contributed by atoms with Gasteiger partial charge in [0.15, 0.2) is 0 Å². The zero-order valence-corrected chi connectivity index (χ0v) is 12.4. The van der Waals surface area contributed by atoms with E-state index < -0.39 is 11.9 Å². The van der Waals surface area contributed by atoms with Gasteiger partial charge in [0.2, 0.25) is 5.91 Å². The van der Waals surface area contributed by atoms with Gasteiger partial charge in [-0.1, -0.05) is 12.1 Å². The van der Waals surface area contributed by atoms with Crippen molar-refractivity contribution in [3.05, 3.63) is 41.0 Å². The van der Waals surface area contributed by atoms with Crippen molar-refractivity contribution in [2.24, 2.45) is 0 Å². The van der Waals surface area contributed by atoms with Gasteiger partial charge in [-0.3, -0.25) is 4.79 Å². The number of amides is 1. The molecule has 2 aromatic rings. The molecule has 2 rings (SSSR count). The van der Waals surface area contributed by atoms with Crippen LogP contribution in [-0.2, 0) is 9.53 Å². The number of hydrogen-bond acceptors (Lipinski definition) is 5. The second kappa shape index (κ2) is 6.83. The molecule has 0 aliphatic rings. The largest absolute Gasteiger partial charge is 0.465 e. The second-order valence-corrected chi connectivity index (χ2v) is 5.11. The number of esters is 1. The third-order valence-electron chi connectivity index (χ3n) is 2.83. The standard InChI is InChI=1S/C15H11FN2O3S/c1-21-15(20)13-11(9-2-4-10(16)5-3-9)8-22-14(13)18-12(19)6-7-17/h2-5,8H,6H2,1H3,(H,18,19). The average molecular weight is 318 g/mol. The van der Waals surface area contributed by atoms with Gasteiger partial charge in [-0.05, 0) is 17.7 Å². The van der Waals surface area contributed by atoms with Crippen molar-refractivity contribution < 1.29 is 18.7 Å². The molecule has 0 aliphatic carbocycles. The molecule has 7 heteroatoms. The van der Waals surface area contributed by atoms with Gasteiger partial charge in [0, 0.05) is 10.9 Å². The lowest BCUT2D eigenvalue weighted by atomic mass is 10.0. The number of carbonyl (C=O) groups is 2. The van der Waals surface area contributed by atoms with Gasteiger partial charge in [-0.15, -0.1) is 11.3 Å². The SMILES string of the molecule is COC(=O)c1c(-c2ccc(F)cc2)csc1NC(=O)CC#N. The molecule has 0 unspecified atom stereocenters. The Labute approximate surface area is 129 Å². The minimum absolute atomic E-state index is 0.186. The number of nitrogens with zero attached hydrogens (tertiary/aromatic N) is 1. The van der Waals surface area contributed by atoms with Crippen LogP contribution in [0.4, 0.5) is 9.39 Å². The van der Waals surface area contributed by atoms with Gasteiger partial charge in [0.05, 0.1) is 13.2 Å². The first-order valence-electron chi connectivity index (χ1n) is 6.19. The Hall–Kier alpha value is -2.72. The zero-order valence-electron chi connectivity index (χ0n) is 11.6. The van der Waals surface area contributed by atoms with Crippen molar-refractivity contribution in [3.8, 4) is 17.2 Å². The smallest absolute Gasteiger partial charge is 0.341 e. The van der Waals surface area contributed by atoms with Crippen LogP contribution in [0.25, 0.3) is 11.1 Å². The maximum atomic E-state index is 13.0. The van der Waals surface area contributed by atoms with Crippen LogP contribution in [0, 0.1) is 17.1 Å². The monoisotopic (exact) mass is 318 g/mol. The van der Waals surface area contributed by atoms with Crippen molar-refractivity contribution >= 4 is 28.2 Å². The number of thiophene rings is 1. The van der Waals surface area contributed by atoms with Gasteiger partial charge < -0.3 is 10.1 Å². The average Bonchev–Trinajstić information content (AvgIpc) is 2.91. The van der Waals surface area contributed by atoms with Crippen LogP contribution in [0.2, 0.25) is 0 Å². The van der Waals surface area contributed by atoms with Crippen molar-refractivity contribution in [1.29, 1.82) is 5.26 Å². The van der Waals surface area contributed by atoms with Gasteiger partial charge in [0.25, 0.3) is 0 Å². The van der Waals surface area contributed by atoms with E-state index in [1.165, 1.54) is 31.4 Å². The Balaban J connectivity index is 2.45. The highest BCUT2D eigenvalue weighted by Crippen LogP contribution is 2.36. The fourth-order valence-corrected chi connectivity index (χ4v) is 2.81. The minimum Gasteiger partial charge on any atom is -0.465 e. The Kier molecular flexibility index (Phi) is 4.86. The Bertz CT molecular complexity index is 747. The van der Waals surface area contributed by atoms with E-state index in [0.717, 1.165) is 11.3 Å². The summed E-state index contributed by atoms with van der Waals surface area (Å²) in [7, 11) is 1.23. The first kappa shape index (κ1) is 15.7. The summed E-state index contributed by atoms with van der Waals surface area (Å²) in [4.78, 5) is 23.5. The van der Waals surface area contributed by atoms with E-state index in [2.05, 4.69) is 5.32 Å². The molecule has 1 aromatic heterocycles. The molecule has 112 valence electrons. The molecule has 1 N–H and O–H groups in total. The maximum absolute atomic E-state index is 13.0. The Morgan fingerprint density at radius 2 is 2.05 bits per heavy atom. The number of halogens is 1. The molecule has 0 saturated heterocycles. The van der Waals surface area contributed by atoms with E-state index in [4.69, 9.17) is 10.00 Å². The van der Waals surface area contributed by atoms with Crippen molar-refractivity contribution in [3.63, 3.8) is 0 Å². The summed E-state index contributed by atoms with van der Waals surface area (Å²) in [5.74, 6) is -1.52. The minimum atomic E-state index is -0.618. The zero-order chi connectivity index (χ0) is 16.1. The fourth-order valence-electron chi connectivity index (χ4n) is 1.84. The lowest BCUT2D eigenvalue weighted by molar-refractivity contribution is -0.115. The fraction of sp³-hybridized carbons (Fsp3) is 0.133. The summed E-state index contributed by atoms with van der Waals surface area (Å²) < 4.78 is 17.8. The Morgan fingerprint density at radius 3 is 2.64 bits per heavy atom. The predicted molar refractivity (Wildman–Crippen MR) is 79.9 cm³/mol. The number of nitrogens with one attached hydrogen (secondary N) is 1. The van der Waals surface area contributed by atoms with E-state index in [1.54, 1.807) is 11.4 Å². The third-order valence-corrected chi connectivity index (χ3v) is 3.72. The second-order valence-electron chi connectivity index (χ2n) is 4.24. The molecule has 0 spiro atoms. The molecule has 1 heterocycles. The van der Waals surface area contributed by atoms with Gasteiger partial charge in [-0.25, -0.2) is 9.18 Å². The van der Waals surface area contributed by atoms with Crippen LogP contribution < -0.4 is 5.32 Å². The predicted octanol–water partition coefficient (Wildman–Crippen LogP) is 3.19. The quantitative estimate of drug-likeness (QED) is 0.878. The maximum Gasteiger partial charge on any atom is 0.341 e. The summed E-state index contributed by atoms with van der Waals surface area (Å²) >= 11 is 1.14. The lowest BCUT2D eigenvalue weighted by Gasteiger charge is -2.06. The van der Waals surface area contributed by atoms with Crippen LogP contribution >= 0.6 is 11.3 Å². The number of ether oxygens (including phenoxy) is 1. The van der Waals surface area contributed by atoms with E-state index in [1.807, 2.05) is 0 Å². The topological polar surface area (TPSA) is 79.2 Å². The summed E-state index contributed by atoms with van der Waals surface area (Å²) in [5.41, 5.74) is 1.34. The van der Waals surface area contributed by atoms with Gasteiger partial charge >= 0.3 is 5.97 Å². The van der Waals surface area contributed by atoms with Gasteiger partial charge in [0.1, 0.15) is 22.8 Å². The van der Waals surface area contributed by atoms with Crippen molar-refractivity contribution in [2.75, 3.05) is 12.4 Å². The molecule has 1 aromatic carbocycles. The molecule has 0 bridgehead atoms. The summed E-state index contributed by atoms with van der Waals surface area (Å²) in [6.45, 7) is 0. The summed E-state index contributed by atoms with van der Waals surface area (Å²) in [6, 6.07) is 7.35. The summed E-state index contributed by atoms with van der Waals surface area (Å²) in [5, 5.41) is 13.0. The number of nitriles is 1. The highest BCUT2D eigenvalue weighted by atomic mass is 32.1. The third kappa shape index (κ3) is 3.30. The Morgan fingerprint density at radius 1 is 1.36 bits per heavy atom. The van der Waals surface area contributed by atoms with E-state index in [-0.39, 0.29) is 17.8 Å². The number of anilines is 1. The number of hydrogen-bond donors (Lipinski definition) is 1. The lowest BCUT2D eigenvalue weighted by Crippen LogP contribution is -2.13. The highest BCUT2D eigenvalue weighted by molar-refractivity contribution is 7.15. The first-order valence-corrected chi connectivity index (χ1v) is 7.07. The molecule has 5 nitrogen and oxygen atoms in total. The van der Waals surface area contributed by atoms with E-state index in [0.29, 0.717) is 16.1 Å². The molecule has 0 saturated carbocycles. The van der Waals surface area contributed by atoms with Crippen molar-refractivity contribution in [2.45, 2.75) is 6.42 Å². The number of carbonyl (C=O) groups excluding carboxylic acids is 2. The van der Waals surface area contributed by atoms with Crippen LogP contribution in [0.15, 0.2) is 29.6 Å². The van der Waals surface area contributed by atoms with Crippen LogP contribution in [0.3, 0.4) is 0 Å². The normalized spacial score (nSPS) is 9.86. The molecule has 0 fully saturated rings.